The van der Waals surface area contributed by atoms with Crippen LogP contribution in [0.1, 0.15) is 83.6 Å². The van der Waals surface area contributed by atoms with E-state index in [0.717, 1.165) is 42.6 Å². The van der Waals surface area contributed by atoms with Crippen LogP contribution in [0.4, 0.5) is 5.69 Å². The van der Waals surface area contributed by atoms with Crippen molar-refractivity contribution in [3.63, 3.8) is 0 Å². The predicted octanol–water partition coefficient (Wildman–Crippen LogP) is 5.02. The summed E-state index contributed by atoms with van der Waals surface area (Å²) in [5.74, 6) is 0.222. The Morgan fingerprint density at radius 1 is 1.07 bits per heavy atom. The molecule has 0 spiro atoms. The summed E-state index contributed by atoms with van der Waals surface area (Å²) >= 11 is 0. The molecule has 5 heteroatoms. The van der Waals surface area contributed by atoms with Gasteiger partial charge >= 0.3 is 0 Å². The van der Waals surface area contributed by atoms with E-state index in [0.29, 0.717) is 6.42 Å². The SMILES string of the molecule is CCCCCCCCCC(=O)N/N=C(/C)c1cccc(NC(=O)C2CC2)c1. The van der Waals surface area contributed by atoms with E-state index in [1.165, 1.54) is 32.1 Å². The Labute approximate surface area is 163 Å². The van der Waals surface area contributed by atoms with E-state index < -0.39 is 0 Å². The molecule has 148 valence electrons. The van der Waals surface area contributed by atoms with Gasteiger partial charge in [0.1, 0.15) is 0 Å². The molecule has 0 aliphatic heterocycles. The van der Waals surface area contributed by atoms with Crippen molar-refractivity contribution in [2.24, 2.45) is 11.0 Å². The van der Waals surface area contributed by atoms with Gasteiger partial charge in [-0.05, 0) is 43.9 Å². The molecule has 0 heterocycles. The van der Waals surface area contributed by atoms with Crippen LogP contribution in [0, 0.1) is 5.92 Å². The fraction of sp³-hybridized carbons (Fsp3) is 0.591. The number of hydrogen-bond acceptors (Lipinski definition) is 3. The lowest BCUT2D eigenvalue weighted by molar-refractivity contribution is -0.121. The fourth-order valence-corrected chi connectivity index (χ4v) is 2.92. The number of unbranched alkanes of at least 4 members (excludes halogenated alkanes) is 6. The summed E-state index contributed by atoms with van der Waals surface area (Å²) in [4.78, 5) is 23.8. The first-order chi connectivity index (χ1) is 13.1. The quantitative estimate of drug-likeness (QED) is 0.308. The summed E-state index contributed by atoms with van der Waals surface area (Å²) in [7, 11) is 0. The molecule has 1 aromatic carbocycles. The van der Waals surface area contributed by atoms with Gasteiger partial charge in [-0.1, -0.05) is 57.6 Å². The van der Waals surface area contributed by atoms with Crippen LogP contribution >= 0.6 is 0 Å². The highest BCUT2D eigenvalue weighted by molar-refractivity contribution is 6.01. The van der Waals surface area contributed by atoms with Crippen LogP contribution in [0.2, 0.25) is 0 Å². The lowest BCUT2D eigenvalue weighted by Gasteiger charge is -2.07. The van der Waals surface area contributed by atoms with Crippen molar-refractivity contribution < 1.29 is 9.59 Å². The van der Waals surface area contributed by atoms with Gasteiger partial charge in [0.15, 0.2) is 0 Å². The van der Waals surface area contributed by atoms with Crippen LogP contribution < -0.4 is 10.7 Å². The first kappa shape index (κ1) is 21.1. The van der Waals surface area contributed by atoms with E-state index in [9.17, 15) is 9.59 Å². The first-order valence-electron chi connectivity index (χ1n) is 10.3. The molecular weight excluding hydrogens is 338 g/mol. The Hall–Kier alpha value is -2.17. The molecule has 0 aromatic heterocycles. The summed E-state index contributed by atoms with van der Waals surface area (Å²) in [5.41, 5.74) is 5.03. The van der Waals surface area contributed by atoms with Gasteiger partial charge in [0.05, 0.1) is 5.71 Å². The van der Waals surface area contributed by atoms with Gasteiger partial charge in [-0.25, -0.2) is 5.43 Å². The minimum atomic E-state index is -0.0406. The van der Waals surface area contributed by atoms with Gasteiger partial charge in [-0.3, -0.25) is 9.59 Å². The zero-order chi connectivity index (χ0) is 19.5. The van der Waals surface area contributed by atoms with Crippen molar-refractivity contribution in [2.45, 2.75) is 78.1 Å². The number of carbonyl (C=O) groups is 2. The number of nitrogens with zero attached hydrogens (tertiary/aromatic N) is 1. The van der Waals surface area contributed by atoms with E-state index in [-0.39, 0.29) is 17.7 Å². The van der Waals surface area contributed by atoms with Crippen LogP contribution in [0.5, 0.6) is 0 Å². The van der Waals surface area contributed by atoms with Gasteiger partial charge in [0.2, 0.25) is 11.8 Å². The minimum Gasteiger partial charge on any atom is -0.326 e. The Bertz CT molecular complexity index is 651. The highest BCUT2D eigenvalue weighted by Gasteiger charge is 2.29. The maximum absolute atomic E-state index is 11.9. The molecule has 0 saturated heterocycles. The summed E-state index contributed by atoms with van der Waals surface area (Å²) in [6.45, 7) is 4.07. The third kappa shape index (κ3) is 8.37. The van der Waals surface area contributed by atoms with Crippen LogP contribution in [0.25, 0.3) is 0 Å². The Balaban J connectivity index is 1.71. The van der Waals surface area contributed by atoms with Crippen molar-refractivity contribution in [3.8, 4) is 0 Å². The molecule has 27 heavy (non-hydrogen) atoms. The normalized spacial score (nSPS) is 14.1. The molecule has 2 amide bonds. The van der Waals surface area contributed by atoms with Gasteiger partial charge in [-0.2, -0.15) is 5.10 Å². The number of anilines is 1. The molecule has 1 fully saturated rings. The fourth-order valence-electron chi connectivity index (χ4n) is 2.92. The Kier molecular flexibility index (Phi) is 9.02. The maximum atomic E-state index is 11.9. The molecule has 0 unspecified atom stereocenters. The number of amides is 2. The molecule has 0 atom stereocenters. The third-order valence-electron chi connectivity index (χ3n) is 4.85. The topological polar surface area (TPSA) is 70.6 Å². The van der Waals surface area contributed by atoms with Gasteiger partial charge in [0, 0.05) is 18.0 Å². The summed E-state index contributed by atoms with van der Waals surface area (Å²) in [6.07, 6.45) is 10.8. The molecule has 2 N–H and O–H groups in total. The van der Waals surface area contributed by atoms with Crippen LogP contribution in [0.15, 0.2) is 29.4 Å². The van der Waals surface area contributed by atoms with E-state index in [4.69, 9.17) is 0 Å². The van der Waals surface area contributed by atoms with Gasteiger partial charge in [-0.15, -0.1) is 0 Å². The molecular formula is C22H33N3O2. The number of carbonyl (C=O) groups excluding carboxylic acids is 2. The van der Waals surface area contributed by atoms with Gasteiger partial charge < -0.3 is 5.32 Å². The standard InChI is InChI=1S/C22H33N3O2/c1-3-4-5-6-7-8-9-13-21(26)25-24-17(2)19-11-10-12-20(16-19)23-22(27)18-14-15-18/h10-12,16,18H,3-9,13-15H2,1-2H3,(H,23,27)(H,25,26)/b24-17-. The minimum absolute atomic E-state index is 0.0406. The Morgan fingerprint density at radius 2 is 1.78 bits per heavy atom. The Morgan fingerprint density at radius 3 is 2.48 bits per heavy atom. The van der Waals surface area contributed by atoms with Crippen LogP contribution in [0.3, 0.4) is 0 Å². The van der Waals surface area contributed by atoms with Crippen LogP contribution in [-0.4, -0.2) is 17.5 Å². The average molecular weight is 372 g/mol. The van der Waals surface area contributed by atoms with Crippen molar-refractivity contribution in [2.75, 3.05) is 5.32 Å². The largest absolute Gasteiger partial charge is 0.326 e. The average Bonchev–Trinajstić information content (AvgIpc) is 3.51. The number of hydrazone groups is 1. The highest BCUT2D eigenvalue weighted by Crippen LogP contribution is 2.30. The lowest BCUT2D eigenvalue weighted by Crippen LogP contribution is -2.19. The molecule has 2 rings (SSSR count). The highest BCUT2D eigenvalue weighted by atomic mass is 16.2. The molecule has 1 saturated carbocycles. The van der Waals surface area contributed by atoms with Crippen molar-refractivity contribution >= 4 is 23.2 Å². The molecule has 1 aromatic rings. The second-order valence-electron chi connectivity index (χ2n) is 7.45. The molecule has 0 radical (unpaired) electrons. The summed E-state index contributed by atoms with van der Waals surface area (Å²) in [6, 6.07) is 7.57. The van der Waals surface area contributed by atoms with E-state index in [1.54, 1.807) is 0 Å². The summed E-state index contributed by atoms with van der Waals surface area (Å²) in [5, 5.41) is 7.14. The molecule has 0 bridgehead atoms. The van der Waals surface area contributed by atoms with Crippen molar-refractivity contribution in [1.29, 1.82) is 0 Å². The van der Waals surface area contributed by atoms with E-state index >= 15 is 0 Å². The number of benzene rings is 1. The van der Waals surface area contributed by atoms with E-state index in [2.05, 4.69) is 22.8 Å². The summed E-state index contributed by atoms with van der Waals surface area (Å²) < 4.78 is 0. The number of nitrogens with one attached hydrogen (secondary N) is 2. The second kappa shape index (κ2) is 11.5. The zero-order valence-corrected chi connectivity index (χ0v) is 16.7. The van der Waals surface area contributed by atoms with Crippen LogP contribution in [-0.2, 0) is 9.59 Å². The van der Waals surface area contributed by atoms with Gasteiger partial charge in [0.25, 0.3) is 0 Å². The lowest BCUT2D eigenvalue weighted by atomic mass is 10.1. The molecule has 1 aliphatic carbocycles. The van der Waals surface area contributed by atoms with Crippen molar-refractivity contribution in [3.05, 3.63) is 29.8 Å². The van der Waals surface area contributed by atoms with Crippen molar-refractivity contribution in [1.82, 2.24) is 5.43 Å². The second-order valence-corrected chi connectivity index (χ2v) is 7.45. The molecule has 5 nitrogen and oxygen atoms in total. The predicted molar refractivity (Wildman–Crippen MR) is 111 cm³/mol. The molecule has 1 aliphatic rings. The monoisotopic (exact) mass is 371 g/mol. The van der Waals surface area contributed by atoms with E-state index in [1.807, 2.05) is 31.2 Å². The zero-order valence-electron chi connectivity index (χ0n) is 16.7. The maximum Gasteiger partial charge on any atom is 0.240 e. The number of rotatable bonds is 12. The number of hydrogen-bond donors (Lipinski definition) is 2. The third-order valence-corrected chi connectivity index (χ3v) is 4.85. The smallest absolute Gasteiger partial charge is 0.240 e. The first-order valence-corrected chi connectivity index (χ1v) is 10.3.